The summed E-state index contributed by atoms with van der Waals surface area (Å²) in [6.45, 7) is 6.53. The molecule has 0 aliphatic carbocycles. The predicted molar refractivity (Wildman–Crippen MR) is 50.2 cm³/mol. The number of rotatable bonds is 1. The van der Waals surface area contributed by atoms with E-state index in [4.69, 9.17) is 6.57 Å². The quantitative estimate of drug-likeness (QED) is 0.419. The van der Waals surface area contributed by atoms with E-state index in [1.807, 2.05) is 5.16 Å². The summed E-state index contributed by atoms with van der Waals surface area (Å²) in [6.07, 6.45) is -3.60. The first-order valence-electron chi connectivity index (χ1n) is 3.51. The van der Waals surface area contributed by atoms with Crippen LogP contribution >= 0.6 is 12.2 Å². The first-order chi connectivity index (χ1) is 6.99. The van der Waals surface area contributed by atoms with Crippen molar-refractivity contribution in [3.63, 3.8) is 0 Å². The van der Waals surface area contributed by atoms with E-state index in [0.29, 0.717) is 6.07 Å². The topological polar surface area (TPSA) is 29.6 Å². The second kappa shape index (κ2) is 4.17. The number of isothiocyanates is 1. The number of halogens is 3. The van der Waals surface area contributed by atoms with Gasteiger partial charge in [0, 0.05) is 0 Å². The van der Waals surface area contributed by atoms with E-state index in [2.05, 4.69) is 27.0 Å². The van der Waals surface area contributed by atoms with Gasteiger partial charge in [0.25, 0.3) is 5.82 Å². The maximum absolute atomic E-state index is 12.4. The summed E-state index contributed by atoms with van der Waals surface area (Å²) < 4.78 is 37.2. The molecule has 0 amide bonds. The molecular weight excluding hydrogens is 227 g/mol. The van der Waals surface area contributed by atoms with Crippen LogP contribution in [-0.2, 0) is 6.18 Å². The summed E-state index contributed by atoms with van der Waals surface area (Å²) >= 11 is 4.25. The smallest absolute Gasteiger partial charge is 0.360 e. The summed E-state index contributed by atoms with van der Waals surface area (Å²) in [5.74, 6) is -0.703. The van der Waals surface area contributed by atoms with Crippen LogP contribution in [0.25, 0.3) is 4.85 Å². The van der Waals surface area contributed by atoms with Crippen molar-refractivity contribution in [3.8, 4) is 0 Å². The molecule has 0 spiro atoms. The molecule has 1 aromatic rings. The van der Waals surface area contributed by atoms with Crippen molar-refractivity contribution in [1.82, 2.24) is 4.98 Å². The zero-order valence-electron chi connectivity index (χ0n) is 7.04. The van der Waals surface area contributed by atoms with Gasteiger partial charge in [-0.05, 0) is 18.3 Å². The van der Waals surface area contributed by atoms with Crippen molar-refractivity contribution in [1.29, 1.82) is 0 Å². The van der Waals surface area contributed by atoms with Crippen LogP contribution in [0.15, 0.2) is 17.3 Å². The number of hydrogen-bond donors (Lipinski definition) is 0. The molecule has 76 valence electrons. The second-order valence-corrected chi connectivity index (χ2v) is 2.56. The number of aliphatic imine (C=N–C) groups is 1. The van der Waals surface area contributed by atoms with Gasteiger partial charge in [-0.25, -0.2) is 0 Å². The Morgan fingerprint density at radius 1 is 1.53 bits per heavy atom. The fourth-order valence-corrected chi connectivity index (χ4v) is 0.963. The van der Waals surface area contributed by atoms with Gasteiger partial charge in [0.2, 0.25) is 0 Å². The predicted octanol–water partition coefficient (Wildman–Crippen LogP) is 3.39. The lowest BCUT2D eigenvalue weighted by Gasteiger charge is -2.07. The molecule has 7 heteroatoms. The highest BCUT2D eigenvalue weighted by atomic mass is 32.1. The molecule has 0 saturated heterocycles. The summed E-state index contributed by atoms with van der Waals surface area (Å²) in [5, 5.41) is 1.92. The SMILES string of the molecule is [C-]#[N+]c1ncc(N=C=S)cc1C(F)(F)F. The molecule has 0 saturated carbocycles. The van der Waals surface area contributed by atoms with Crippen LogP contribution in [0.1, 0.15) is 5.56 Å². The Morgan fingerprint density at radius 2 is 2.20 bits per heavy atom. The van der Waals surface area contributed by atoms with Crippen molar-refractivity contribution in [2.45, 2.75) is 6.18 Å². The minimum absolute atomic E-state index is 0.0790. The van der Waals surface area contributed by atoms with Gasteiger partial charge in [0.1, 0.15) is 11.9 Å². The minimum atomic E-state index is -4.63. The van der Waals surface area contributed by atoms with E-state index in [9.17, 15) is 13.2 Å². The second-order valence-electron chi connectivity index (χ2n) is 2.38. The fourth-order valence-electron chi connectivity index (χ4n) is 0.858. The molecule has 0 atom stereocenters. The number of aromatic nitrogens is 1. The highest BCUT2D eigenvalue weighted by Gasteiger charge is 2.34. The monoisotopic (exact) mass is 229 g/mol. The van der Waals surface area contributed by atoms with Gasteiger partial charge in [-0.3, -0.25) is 0 Å². The molecule has 0 N–H and O–H groups in total. The van der Waals surface area contributed by atoms with E-state index in [1.54, 1.807) is 0 Å². The molecule has 1 rings (SSSR count). The summed E-state index contributed by atoms with van der Waals surface area (Å²) in [5.41, 5.74) is -1.20. The lowest BCUT2D eigenvalue weighted by Crippen LogP contribution is -2.05. The summed E-state index contributed by atoms with van der Waals surface area (Å²) in [7, 11) is 0. The third kappa shape index (κ3) is 2.59. The lowest BCUT2D eigenvalue weighted by molar-refractivity contribution is -0.137. The molecule has 0 unspecified atom stereocenters. The molecule has 3 nitrogen and oxygen atoms in total. The maximum Gasteiger partial charge on any atom is 0.409 e. The first kappa shape index (κ1) is 11.3. The van der Waals surface area contributed by atoms with Crippen molar-refractivity contribution < 1.29 is 13.2 Å². The van der Waals surface area contributed by atoms with E-state index in [-0.39, 0.29) is 5.69 Å². The molecule has 15 heavy (non-hydrogen) atoms. The molecule has 0 bridgehead atoms. The van der Waals surface area contributed by atoms with Crippen molar-refractivity contribution in [2.24, 2.45) is 4.99 Å². The Balaban J connectivity index is 3.40. The van der Waals surface area contributed by atoms with Crippen LogP contribution in [0.4, 0.5) is 24.7 Å². The van der Waals surface area contributed by atoms with Crippen LogP contribution in [-0.4, -0.2) is 10.1 Å². The van der Waals surface area contributed by atoms with Crippen LogP contribution in [0.5, 0.6) is 0 Å². The fraction of sp³-hybridized carbons (Fsp3) is 0.125. The zero-order valence-corrected chi connectivity index (χ0v) is 7.85. The third-order valence-corrected chi connectivity index (χ3v) is 1.53. The van der Waals surface area contributed by atoms with Gasteiger partial charge in [0.05, 0.1) is 10.7 Å². The van der Waals surface area contributed by atoms with Gasteiger partial charge >= 0.3 is 6.18 Å². The van der Waals surface area contributed by atoms with Crippen LogP contribution in [0.3, 0.4) is 0 Å². The Morgan fingerprint density at radius 3 is 2.67 bits per heavy atom. The molecule has 0 radical (unpaired) electrons. The summed E-state index contributed by atoms with van der Waals surface area (Å²) in [4.78, 5) is 9.35. The molecule has 1 aromatic heterocycles. The van der Waals surface area contributed by atoms with E-state index >= 15 is 0 Å². The van der Waals surface area contributed by atoms with Gasteiger partial charge in [0.15, 0.2) is 0 Å². The highest BCUT2D eigenvalue weighted by Crippen LogP contribution is 2.36. The standard InChI is InChI=1S/C8H2F3N3S/c1-12-7-6(8(9,10)11)2-5(3-13-7)14-4-15/h2-3H. The van der Waals surface area contributed by atoms with Crippen LogP contribution < -0.4 is 0 Å². The van der Waals surface area contributed by atoms with Crippen molar-refractivity contribution in [3.05, 3.63) is 29.2 Å². The normalized spacial score (nSPS) is 10.3. The van der Waals surface area contributed by atoms with E-state index in [0.717, 1.165) is 6.20 Å². The lowest BCUT2D eigenvalue weighted by atomic mass is 10.2. The number of thiocarbonyl (C=S) groups is 1. The largest absolute Gasteiger partial charge is 0.409 e. The van der Waals surface area contributed by atoms with Gasteiger partial charge in [-0.1, -0.05) is 6.57 Å². The van der Waals surface area contributed by atoms with Crippen LogP contribution in [0, 0.1) is 6.57 Å². The number of hydrogen-bond acceptors (Lipinski definition) is 3. The maximum atomic E-state index is 12.4. The average Bonchev–Trinajstić information content (AvgIpc) is 2.17. The highest BCUT2D eigenvalue weighted by molar-refractivity contribution is 7.78. The zero-order chi connectivity index (χ0) is 11.5. The van der Waals surface area contributed by atoms with Gasteiger partial charge in [-0.15, -0.1) is 4.98 Å². The molecule has 0 fully saturated rings. The Bertz CT molecular complexity index is 469. The average molecular weight is 229 g/mol. The number of pyridine rings is 1. The van der Waals surface area contributed by atoms with Crippen molar-refractivity contribution >= 4 is 28.9 Å². The minimum Gasteiger partial charge on any atom is -0.360 e. The van der Waals surface area contributed by atoms with Gasteiger partial charge in [-0.2, -0.15) is 18.2 Å². The molecule has 0 aliphatic rings. The van der Waals surface area contributed by atoms with E-state index < -0.39 is 17.6 Å². The Hall–Kier alpha value is -1.77. The van der Waals surface area contributed by atoms with E-state index in [1.165, 1.54) is 0 Å². The summed E-state index contributed by atoms with van der Waals surface area (Å²) in [6, 6.07) is 0.708. The molecule has 0 aliphatic heterocycles. The number of alkyl halides is 3. The third-order valence-electron chi connectivity index (χ3n) is 1.44. The van der Waals surface area contributed by atoms with Crippen LogP contribution in [0.2, 0.25) is 0 Å². The Kier molecular flexibility index (Phi) is 3.14. The van der Waals surface area contributed by atoms with Gasteiger partial charge < -0.3 is 4.85 Å². The molecule has 0 aromatic carbocycles. The van der Waals surface area contributed by atoms with Crippen molar-refractivity contribution in [2.75, 3.05) is 0 Å². The first-order valence-corrected chi connectivity index (χ1v) is 3.92. The number of nitrogens with zero attached hydrogens (tertiary/aromatic N) is 3. The Labute approximate surface area is 88.1 Å². The molecular formula is C8H2F3N3S. The molecule has 1 heterocycles.